The van der Waals surface area contributed by atoms with E-state index in [4.69, 9.17) is 4.74 Å². The molecule has 4 rings (SSSR count). The van der Waals surface area contributed by atoms with E-state index in [1.54, 1.807) is 24.3 Å². The minimum absolute atomic E-state index is 0.0593. The number of carbonyl (C=O) groups is 1. The normalized spacial score (nSPS) is 13.1. The molecule has 0 bridgehead atoms. The van der Waals surface area contributed by atoms with Crippen LogP contribution in [-0.2, 0) is 20.8 Å². The number of alkyl halides is 3. The summed E-state index contributed by atoms with van der Waals surface area (Å²) < 4.78 is 71.7. The maximum absolute atomic E-state index is 13.6. The SMILES string of the molecule is CC(C(=O)O)c1nc2c(C(F)(F)F)cccc2n1-c1cccc(Oc2cccc(S(C)(=O)=O)c2)c1. The number of sulfone groups is 1. The Morgan fingerprint density at radius 3 is 2.29 bits per heavy atom. The van der Waals surface area contributed by atoms with Crippen molar-refractivity contribution in [2.45, 2.75) is 23.9 Å². The van der Waals surface area contributed by atoms with Gasteiger partial charge in [0.05, 0.1) is 21.7 Å². The Balaban J connectivity index is 1.86. The molecule has 0 fully saturated rings. The highest BCUT2D eigenvalue weighted by atomic mass is 32.2. The second-order valence-electron chi connectivity index (χ2n) is 7.88. The number of hydrogen-bond donors (Lipinski definition) is 1. The summed E-state index contributed by atoms with van der Waals surface area (Å²) in [6, 6.07) is 15.7. The van der Waals surface area contributed by atoms with Crippen LogP contribution in [0.1, 0.15) is 24.2 Å². The van der Waals surface area contributed by atoms with Gasteiger partial charge in [-0.3, -0.25) is 9.36 Å². The van der Waals surface area contributed by atoms with E-state index in [9.17, 15) is 31.5 Å². The van der Waals surface area contributed by atoms with Crippen LogP contribution in [0.15, 0.2) is 71.6 Å². The molecule has 1 heterocycles. The minimum Gasteiger partial charge on any atom is -0.481 e. The number of fused-ring (bicyclic) bond motifs is 1. The number of rotatable bonds is 6. The zero-order valence-electron chi connectivity index (χ0n) is 18.4. The van der Waals surface area contributed by atoms with E-state index >= 15 is 0 Å². The number of halogens is 3. The number of aliphatic carboxylic acids is 1. The van der Waals surface area contributed by atoms with Crippen LogP contribution in [-0.4, -0.2) is 35.3 Å². The fourth-order valence-corrected chi connectivity index (χ4v) is 4.26. The lowest BCUT2D eigenvalue weighted by molar-refractivity contribution is -0.138. The van der Waals surface area contributed by atoms with Gasteiger partial charge in [0.2, 0.25) is 0 Å². The van der Waals surface area contributed by atoms with Gasteiger partial charge in [-0.15, -0.1) is 0 Å². The van der Waals surface area contributed by atoms with Crippen LogP contribution in [0.4, 0.5) is 13.2 Å². The number of para-hydroxylation sites is 1. The van der Waals surface area contributed by atoms with Gasteiger partial charge in [0, 0.05) is 12.3 Å². The van der Waals surface area contributed by atoms with Crippen molar-refractivity contribution < 1.29 is 36.2 Å². The molecule has 182 valence electrons. The molecule has 0 spiro atoms. The van der Waals surface area contributed by atoms with Crippen molar-refractivity contribution in [2.75, 3.05) is 6.26 Å². The molecule has 4 aromatic rings. The fraction of sp³-hybridized carbons (Fsp3) is 0.167. The molecule has 11 heteroatoms. The van der Waals surface area contributed by atoms with E-state index in [1.165, 1.54) is 47.9 Å². The first-order chi connectivity index (χ1) is 16.4. The van der Waals surface area contributed by atoms with Crippen molar-refractivity contribution in [1.82, 2.24) is 9.55 Å². The summed E-state index contributed by atoms with van der Waals surface area (Å²) in [6.07, 6.45) is -3.62. The molecule has 7 nitrogen and oxygen atoms in total. The number of ether oxygens (including phenoxy) is 1. The quantitative estimate of drug-likeness (QED) is 0.376. The van der Waals surface area contributed by atoms with Crippen LogP contribution < -0.4 is 4.74 Å². The molecule has 0 saturated heterocycles. The first-order valence-electron chi connectivity index (χ1n) is 10.3. The van der Waals surface area contributed by atoms with E-state index in [0.29, 0.717) is 5.69 Å². The third-order valence-corrected chi connectivity index (χ3v) is 6.43. The number of imidazole rings is 1. The highest BCUT2D eigenvalue weighted by molar-refractivity contribution is 7.90. The Bertz CT molecular complexity index is 1540. The summed E-state index contributed by atoms with van der Waals surface area (Å²) in [5, 5.41) is 9.55. The van der Waals surface area contributed by atoms with Crippen molar-refractivity contribution >= 4 is 26.8 Å². The van der Waals surface area contributed by atoms with E-state index in [0.717, 1.165) is 12.3 Å². The number of carboxylic acids is 1. The fourth-order valence-electron chi connectivity index (χ4n) is 3.61. The highest BCUT2D eigenvalue weighted by Gasteiger charge is 2.35. The van der Waals surface area contributed by atoms with Gasteiger partial charge in [-0.25, -0.2) is 13.4 Å². The summed E-state index contributed by atoms with van der Waals surface area (Å²) in [5.74, 6) is -2.05. The van der Waals surface area contributed by atoms with Crippen LogP contribution in [0.25, 0.3) is 16.7 Å². The summed E-state index contributed by atoms with van der Waals surface area (Å²) in [7, 11) is -3.46. The third kappa shape index (κ3) is 4.85. The third-order valence-electron chi connectivity index (χ3n) is 5.32. The van der Waals surface area contributed by atoms with Gasteiger partial charge in [0.1, 0.15) is 28.8 Å². The van der Waals surface area contributed by atoms with E-state index in [2.05, 4.69) is 4.98 Å². The summed E-state index contributed by atoms with van der Waals surface area (Å²) in [6.45, 7) is 1.34. The molecule has 0 radical (unpaired) electrons. The Hall–Kier alpha value is -3.86. The number of benzene rings is 3. The molecule has 0 amide bonds. The van der Waals surface area contributed by atoms with Crippen LogP contribution in [0, 0.1) is 0 Å². The Morgan fingerprint density at radius 1 is 1.03 bits per heavy atom. The topological polar surface area (TPSA) is 98.5 Å². The molecule has 0 saturated carbocycles. The largest absolute Gasteiger partial charge is 0.481 e. The molecule has 3 aromatic carbocycles. The monoisotopic (exact) mass is 504 g/mol. The molecule has 0 aliphatic rings. The Kier molecular flexibility index (Phi) is 6.05. The van der Waals surface area contributed by atoms with E-state index < -0.39 is 33.5 Å². The zero-order valence-corrected chi connectivity index (χ0v) is 19.3. The van der Waals surface area contributed by atoms with E-state index in [-0.39, 0.29) is 33.3 Å². The van der Waals surface area contributed by atoms with Gasteiger partial charge < -0.3 is 9.84 Å². The van der Waals surface area contributed by atoms with Crippen molar-refractivity contribution in [3.8, 4) is 17.2 Å². The number of carboxylic acid groups (broad SMARTS) is 1. The maximum atomic E-state index is 13.6. The summed E-state index contributed by atoms with van der Waals surface area (Å²) in [5.41, 5.74) is -0.932. The van der Waals surface area contributed by atoms with Gasteiger partial charge in [0.25, 0.3) is 0 Å². The summed E-state index contributed by atoms with van der Waals surface area (Å²) in [4.78, 5) is 15.9. The lowest BCUT2D eigenvalue weighted by atomic mass is 10.1. The second-order valence-corrected chi connectivity index (χ2v) is 9.90. The smallest absolute Gasteiger partial charge is 0.418 e. The van der Waals surface area contributed by atoms with Gasteiger partial charge in [0.15, 0.2) is 9.84 Å². The highest BCUT2D eigenvalue weighted by Crippen LogP contribution is 2.37. The lowest BCUT2D eigenvalue weighted by Gasteiger charge is -2.14. The predicted octanol–water partition coefficient (Wildman–Crippen LogP) is 5.43. The second kappa shape index (κ2) is 8.73. The molecule has 1 aromatic heterocycles. The number of hydrogen-bond acceptors (Lipinski definition) is 5. The molecule has 0 aliphatic carbocycles. The Labute approximate surface area is 198 Å². The van der Waals surface area contributed by atoms with Crippen molar-refractivity contribution in [2.24, 2.45) is 0 Å². The van der Waals surface area contributed by atoms with Gasteiger partial charge in [-0.2, -0.15) is 13.2 Å². The maximum Gasteiger partial charge on any atom is 0.418 e. The van der Waals surface area contributed by atoms with Crippen LogP contribution >= 0.6 is 0 Å². The van der Waals surface area contributed by atoms with Crippen molar-refractivity contribution in [3.05, 3.63) is 78.1 Å². The Morgan fingerprint density at radius 2 is 1.66 bits per heavy atom. The molecule has 0 aliphatic heterocycles. The summed E-state index contributed by atoms with van der Waals surface area (Å²) >= 11 is 0. The molecular weight excluding hydrogens is 485 g/mol. The molecule has 1 atom stereocenters. The van der Waals surface area contributed by atoms with Gasteiger partial charge in [-0.1, -0.05) is 18.2 Å². The van der Waals surface area contributed by atoms with Crippen LogP contribution in [0.2, 0.25) is 0 Å². The predicted molar refractivity (Wildman–Crippen MR) is 122 cm³/mol. The molecular formula is C24H19F3N2O5S. The van der Waals surface area contributed by atoms with Gasteiger partial charge in [-0.05, 0) is 49.4 Å². The number of nitrogens with zero attached hydrogens (tertiary/aromatic N) is 2. The first-order valence-corrected chi connectivity index (χ1v) is 12.1. The molecule has 35 heavy (non-hydrogen) atoms. The average molecular weight is 504 g/mol. The number of aromatic nitrogens is 2. The lowest BCUT2D eigenvalue weighted by Crippen LogP contribution is -2.13. The van der Waals surface area contributed by atoms with Gasteiger partial charge >= 0.3 is 12.1 Å². The minimum atomic E-state index is -4.68. The van der Waals surface area contributed by atoms with Crippen LogP contribution in [0.5, 0.6) is 11.5 Å². The first kappa shape index (κ1) is 24.3. The zero-order chi connectivity index (χ0) is 25.5. The molecule has 1 N–H and O–H groups in total. The van der Waals surface area contributed by atoms with E-state index in [1.807, 2.05) is 0 Å². The van der Waals surface area contributed by atoms with Crippen molar-refractivity contribution in [3.63, 3.8) is 0 Å². The standard InChI is InChI=1S/C24H19F3N2O5S/c1-14(23(30)31)22-28-21-19(24(25,26)27)10-5-11-20(21)29(22)15-6-3-7-16(12-15)34-17-8-4-9-18(13-17)35(2,32)33/h3-14H,1-2H3,(H,30,31). The van der Waals surface area contributed by atoms with Crippen molar-refractivity contribution in [1.29, 1.82) is 0 Å². The molecule has 1 unspecified atom stereocenters. The average Bonchev–Trinajstić information content (AvgIpc) is 3.17. The van der Waals surface area contributed by atoms with Crippen LogP contribution in [0.3, 0.4) is 0 Å².